The summed E-state index contributed by atoms with van der Waals surface area (Å²) in [5.74, 6) is 5.73. The lowest BCUT2D eigenvalue weighted by Gasteiger charge is -2.61. The van der Waals surface area contributed by atoms with Crippen molar-refractivity contribution in [1.29, 1.82) is 0 Å². The highest BCUT2D eigenvalue weighted by Crippen LogP contribution is 2.68. The first-order valence-corrected chi connectivity index (χ1v) is 14.3. The Hall–Kier alpha value is -0.180. The van der Waals surface area contributed by atoms with Crippen LogP contribution in [0, 0.1) is 46.3 Å². The summed E-state index contributed by atoms with van der Waals surface area (Å²) in [6.45, 7) is 7.70. The van der Waals surface area contributed by atoms with Crippen LogP contribution in [0.5, 0.6) is 0 Å². The first-order chi connectivity index (χ1) is 13.8. The summed E-state index contributed by atoms with van der Waals surface area (Å²) in [7, 11) is -0.989. The maximum atomic E-state index is 12.1. The van der Waals surface area contributed by atoms with E-state index in [0.29, 0.717) is 23.2 Å². The van der Waals surface area contributed by atoms with Crippen LogP contribution >= 0.6 is 0 Å². The van der Waals surface area contributed by atoms with E-state index >= 15 is 0 Å². The molecule has 0 aromatic rings. The van der Waals surface area contributed by atoms with Gasteiger partial charge in [0, 0.05) is 23.5 Å². The van der Waals surface area contributed by atoms with Crippen molar-refractivity contribution in [2.45, 2.75) is 97.8 Å². The van der Waals surface area contributed by atoms with Gasteiger partial charge >= 0.3 is 0 Å². The lowest BCUT2D eigenvalue weighted by Crippen LogP contribution is -2.53. The van der Waals surface area contributed by atoms with Gasteiger partial charge in [-0.1, -0.05) is 33.6 Å². The van der Waals surface area contributed by atoms with E-state index in [0.717, 1.165) is 36.0 Å². The predicted molar refractivity (Wildman–Crippen MR) is 122 cm³/mol. The Morgan fingerprint density at radius 2 is 1.72 bits per heavy atom. The molecule has 9 atom stereocenters. The quantitative estimate of drug-likeness (QED) is 0.498. The van der Waals surface area contributed by atoms with Gasteiger partial charge in [0.15, 0.2) is 0 Å². The van der Waals surface area contributed by atoms with E-state index in [-0.39, 0.29) is 11.5 Å². The molecule has 0 radical (unpaired) electrons. The molecule has 4 fully saturated rings. The molecule has 0 N–H and O–H groups in total. The zero-order valence-corrected chi connectivity index (χ0v) is 20.2. The average molecular weight is 421 g/mol. The number of ketones is 1. The van der Waals surface area contributed by atoms with Crippen LogP contribution in [-0.4, -0.2) is 22.0 Å². The molecule has 4 saturated carbocycles. The van der Waals surface area contributed by atoms with Crippen LogP contribution in [-0.2, 0) is 15.6 Å². The zero-order valence-electron chi connectivity index (χ0n) is 19.4. The van der Waals surface area contributed by atoms with Gasteiger partial charge in [-0.3, -0.25) is 9.00 Å². The van der Waals surface area contributed by atoms with Crippen molar-refractivity contribution in [1.82, 2.24) is 0 Å². The van der Waals surface area contributed by atoms with Gasteiger partial charge in [-0.25, -0.2) is 0 Å². The number of hydrogen-bond acceptors (Lipinski definition) is 2. The summed E-state index contributed by atoms with van der Waals surface area (Å²) in [5.41, 5.74) is 1.13. The summed E-state index contributed by atoms with van der Waals surface area (Å²) in [6.07, 6.45) is 17.9. The van der Waals surface area contributed by atoms with Crippen molar-refractivity contribution in [3.8, 4) is 0 Å². The molecule has 29 heavy (non-hydrogen) atoms. The van der Waals surface area contributed by atoms with Gasteiger partial charge < -0.3 is 0 Å². The Balaban J connectivity index is 1.44. The summed E-state index contributed by atoms with van der Waals surface area (Å²) < 4.78 is 11.3. The third kappa shape index (κ3) is 3.92. The molecular weight excluding hydrogens is 376 g/mol. The first-order valence-electron chi connectivity index (χ1n) is 12.6. The molecule has 0 amide bonds. The SMILES string of the molecule is C[C@H](CCC(=O)C[S@@](C)=O)[C@H]1CC[C@H]2[C@@H]3CC[C@H]4CCCC[C@]4(C)[C@H]3CC[C@]12C. The minimum absolute atomic E-state index is 0.199. The summed E-state index contributed by atoms with van der Waals surface area (Å²) in [5, 5.41) is 0. The molecular formula is C26H44O2S. The van der Waals surface area contributed by atoms with Crippen LogP contribution in [0.1, 0.15) is 97.8 Å². The Kier molecular flexibility index (Phi) is 6.38. The van der Waals surface area contributed by atoms with Crippen molar-refractivity contribution in [3.05, 3.63) is 0 Å². The topological polar surface area (TPSA) is 34.1 Å². The molecule has 0 bridgehead atoms. The van der Waals surface area contributed by atoms with Crippen molar-refractivity contribution < 1.29 is 9.00 Å². The van der Waals surface area contributed by atoms with Gasteiger partial charge in [-0.15, -0.1) is 0 Å². The van der Waals surface area contributed by atoms with Gasteiger partial charge in [-0.05, 0) is 104 Å². The van der Waals surface area contributed by atoms with Crippen molar-refractivity contribution in [2.75, 3.05) is 12.0 Å². The van der Waals surface area contributed by atoms with Gasteiger partial charge in [-0.2, -0.15) is 0 Å². The van der Waals surface area contributed by atoms with E-state index in [1.54, 1.807) is 6.26 Å². The van der Waals surface area contributed by atoms with Gasteiger partial charge in [0.2, 0.25) is 0 Å². The van der Waals surface area contributed by atoms with Crippen molar-refractivity contribution in [2.24, 2.45) is 46.3 Å². The highest BCUT2D eigenvalue weighted by Gasteiger charge is 2.60. The van der Waals surface area contributed by atoms with Crippen LogP contribution < -0.4 is 0 Å². The smallest absolute Gasteiger partial charge is 0.145 e. The highest BCUT2D eigenvalue weighted by molar-refractivity contribution is 7.85. The molecule has 4 rings (SSSR count). The molecule has 0 heterocycles. The highest BCUT2D eigenvalue weighted by atomic mass is 32.2. The first kappa shape index (κ1) is 22.0. The second kappa shape index (κ2) is 8.40. The Bertz CT molecular complexity index is 645. The number of hydrogen-bond donors (Lipinski definition) is 0. The van der Waals surface area contributed by atoms with E-state index in [1.165, 1.54) is 64.2 Å². The van der Waals surface area contributed by atoms with Gasteiger partial charge in [0.1, 0.15) is 5.78 Å². The molecule has 0 saturated heterocycles. The standard InChI is InChI=1S/C26H44O2S/c1-18(8-10-20(27)17-29(4)28)22-12-13-23-21-11-9-19-7-5-6-15-25(19,2)24(21)14-16-26(22,23)3/h18-19,21-24H,5-17H2,1-4H3/t18-,19-,21+,22-,23+,24+,25+,26-,29-/m1/s1. The zero-order chi connectivity index (χ0) is 20.8. The number of Topliss-reactive ketones (excluding diaryl/α,β-unsaturated/α-hetero) is 1. The summed E-state index contributed by atoms with van der Waals surface area (Å²) in [4.78, 5) is 12.1. The summed E-state index contributed by atoms with van der Waals surface area (Å²) >= 11 is 0. The molecule has 166 valence electrons. The van der Waals surface area contributed by atoms with Crippen molar-refractivity contribution in [3.63, 3.8) is 0 Å². The van der Waals surface area contributed by atoms with Crippen LogP contribution in [0.4, 0.5) is 0 Å². The molecule has 3 heteroatoms. The molecule has 2 nitrogen and oxygen atoms in total. The lowest BCUT2D eigenvalue weighted by molar-refractivity contribution is -0.118. The van der Waals surface area contributed by atoms with Gasteiger partial charge in [0.25, 0.3) is 0 Å². The molecule has 0 aromatic carbocycles. The minimum atomic E-state index is -0.989. The van der Waals surface area contributed by atoms with E-state index in [9.17, 15) is 9.00 Å². The fraction of sp³-hybridized carbons (Fsp3) is 0.962. The molecule has 0 spiro atoms. The Morgan fingerprint density at radius 3 is 2.48 bits per heavy atom. The van der Waals surface area contributed by atoms with E-state index in [4.69, 9.17) is 0 Å². The minimum Gasteiger partial charge on any atom is -0.299 e. The number of carbonyl (C=O) groups is 1. The third-order valence-electron chi connectivity index (χ3n) is 10.6. The second-order valence-electron chi connectivity index (χ2n) is 11.9. The van der Waals surface area contributed by atoms with Crippen LogP contribution in [0.15, 0.2) is 0 Å². The lowest BCUT2D eigenvalue weighted by atomic mass is 9.44. The molecule has 0 aromatic heterocycles. The third-order valence-corrected chi connectivity index (χ3v) is 11.3. The van der Waals surface area contributed by atoms with Gasteiger partial charge in [0.05, 0.1) is 5.75 Å². The maximum Gasteiger partial charge on any atom is 0.145 e. The van der Waals surface area contributed by atoms with Crippen LogP contribution in [0.2, 0.25) is 0 Å². The normalized spacial score (nSPS) is 46.3. The largest absolute Gasteiger partial charge is 0.299 e. The van der Waals surface area contributed by atoms with Crippen molar-refractivity contribution >= 4 is 16.6 Å². The predicted octanol–water partition coefficient (Wildman–Crippen LogP) is 6.40. The van der Waals surface area contributed by atoms with Crippen LogP contribution in [0.3, 0.4) is 0 Å². The fourth-order valence-corrected chi connectivity index (χ4v) is 9.76. The second-order valence-corrected chi connectivity index (χ2v) is 13.3. The van der Waals surface area contributed by atoms with E-state index in [1.807, 2.05) is 0 Å². The molecule has 4 aliphatic rings. The van der Waals surface area contributed by atoms with E-state index in [2.05, 4.69) is 20.8 Å². The van der Waals surface area contributed by atoms with Crippen LogP contribution in [0.25, 0.3) is 0 Å². The maximum absolute atomic E-state index is 12.1. The number of fused-ring (bicyclic) bond motifs is 5. The Labute approximate surface area is 181 Å². The molecule has 0 aliphatic heterocycles. The Morgan fingerprint density at radius 1 is 0.966 bits per heavy atom. The molecule has 4 aliphatic carbocycles. The fourth-order valence-electron chi connectivity index (χ4n) is 9.16. The number of rotatable bonds is 6. The summed E-state index contributed by atoms with van der Waals surface area (Å²) in [6, 6.07) is 0. The number of carbonyl (C=O) groups excluding carboxylic acids is 1. The molecule has 0 unspecified atom stereocenters. The monoisotopic (exact) mass is 420 g/mol. The van der Waals surface area contributed by atoms with E-state index < -0.39 is 10.8 Å². The average Bonchev–Trinajstić information content (AvgIpc) is 3.02.